The molecule has 0 aliphatic carbocycles. The molecule has 2 aliphatic heterocycles. The predicted molar refractivity (Wildman–Crippen MR) is 195 cm³/mol. The molecule has 1 saturated heterocycles. The highest BCUT2D eigenvalue weighted by Crippen LogP contribution is 2.41. The van der Waals surface area contributed by atoms with Crippen LogP contribution in [0.25, 0.3) is 0 Å². The molecule has 2 atom stereocenters. The number of nitrogens with zero attached hydrogens (tertiary/aromatic N) is 5. The molecular weight excluding hydrogens is 669 g/mol. The topological polar surface area (TPSA) is 126 Å². The Morgan fingerprint density at radius 3 is 2.27 bits per heavy atom. The third-order valence-electron chi connectivity index (χ3n) is 10.1. The maximum atomic E-state index is 14.5. The van der Waals surface area contributed by atoms with Gasteiger partial charge in [-0.15, -0.1) is 0 Å². The second-order valence-corrected chi connectivity index (χ2v) is 14.6. The van der Waals surface area contributed by atoms with Crippen LogP contribution >= 0.6 is 0 Å². The average Bonchev–Trinajstić information content (AvgIpc) is 3.67. The summed E-state index contributed by atoms with van der Waals surface area (Å²) in [6, 6.07) is 20.8. The molecule has 0 unspecified atom stereocenters. The number of rotatable bonds is 14. The molecule has 2 aliphatic rings. The number of aryl methyl sites for hydroxylation is 1. The van der Waals surface area contributed by atoms with Gasteiger partial charge in [0.25, 0.3) is 11.8 Å². The van der Waals surface area contributed by atoms with E-state index in [0.29, 0.717) is 66.4 Å². The quantitative estimate of drug-likeness (QED) is 0.139. The van der Waals surface area contributed by atoms with Gasteiger partial charge in [-0.3, -0.25) is 24.1 Å². The summed E-state index contributed by atoms with van der Waals surface area (Å²) in [6.45, 7) is 9.54. The summed E-state index contributed by atoms with van der Waals surface area (Å²) in [7, 11) is -0.743. The Kier molecular flexibility index (Phi) is 10.8. The molecule has 1 aromatic heterocycles. The molecule has 2 amide bonds. The molecule has 0 saturated carbocycles. The largest absolute Gasteiger partial charge is 0.493 e. The summed E-state index contributed by atoms with van der Waals surface area (Å²) >= 11 is 0. The van der Waals surface area contributed by atoms with E-state index in [2.05, 4.69) is 50.8 Å². The number of methoxy groups -OCH3 is 2. The van der Waals surface area contributed by atoms with E-state index in [1.54, 1.807) is 36.9 Å². The number of carbonyl (C=O) groups excluding carboxylic acids is 2. The fraction of sp³-hybridized carbons (Fsp3) is 0.395. The van der Waals surface area contributed by atoms with Gasteiger partial charge in [0.1, 0.15) is 4.90 Å². The monoisotopic (exact) mass is 714 g/mol. The first-order valence-electron chi connectivity index (χ1n) is 17.4. The summed E-state index contributed by atoms with van der Waals surface area (Å²) in [5.74, 6) is 0.231. The molecule has 51 heavy (non-hydrogen) atoms. The number of hydrogen-bond acceptors (Lipinski definition) is 9. The van der Waals surface area contributed by atoms with Gasteiger partial charge in [-0.05, 0) is 69.0 Å². The molecule has 1 N–H and O–H groups in total. The molecule has 3 aromatic carbocycles. The van der Waals surface area contributed by atoms with Crippen molar-refractivity contribution in [1.82, 2.24) is 24.3 Å². The van der Waals surface area contributed by atoms with E-state index < -0.39 is 16.1 Å². The lowest BCUT2D eigenvalue weighted by molar-refractivity contribution is 0.0572. The number of imide groups is 1. The Bertz CT molecular complexity index is 1990. The van der Waals surface area contributed by atoms with Crippen molar-refractivity contribution < 1.29 is 27.5 Å². The summed E-state index contributed by atoms with van der Waals surface area (Å²) in [6.07, 6.45) is 2.01. The number of nitrogens with one attached hydrogen (secondary N) is 1. The number of sulfonamides is 1. The van der Waals surface area contributed by atoms with Crippen molar-refractivity contribution >= 4 is 27.5 Å². The first-order valence-corrected chi connectivity index (χ1v) is 18.9. The first-order chi connectivity index (χ1) is 24.6. The lowest BCUT2D eigenvalue weighted by atomic mass is 9.99. The van der Waals surface area contributed by atoms with Gasteiger partial charge in [-0.25, -0.2) is 13.1 Å². The zero-order valence-corrected chi connectivity index (χ0v) is 30.7. The number of anilines is 1. The minimum Gasteiger partial charge on any atom is -0.493 e. The average molecular weight is 715 g/mol. The molecule has 0 bridgehead atoms. The van der Waals surface area contributed by atoms with Crippen molar-refractivity contribution in [3.8, 4) is 11.5 Å². The minimum atomic E-state index is -3.82. The SMILES string of the molecule is CCn1ncc(S(=O)(=O)NCCC[C@H](c2ccc(OC)c(OC)c2)N2C(=O)c3cccc(N4CCN([C@H](C)c5ccccc5)CC4)c3C2=O)c1C. The van der Waals surface area contributed by atoms with E-state index in [-0.39, 0.29) is 29.3 Å². The van der Waals surface area contributed by atoms with E-state index >= 15 is 0 Å². The van der Waals surface area contributed by atoms with Crippen LogP contribution in [0.5, 0.6) is 11.5 Å². The molecule has 12 nitrogen and oxygen atoms in total. The maximum absolute atomic E-state index is 14.5. The van der Waals surface area contributed by atoms with Gasteiger partial charge in [-0.1, -0.05) is 42.5 Å². The van der Waals surface area contributed by atoms with Crippen LogP contribution in [0, 0.1) is 6.92 Å². The highest BCUT2D eigenvalue weighted by atomic mass is 32.2. The van der Waals surface area contributed by atoms with Crippen molar-refractivity contribution in [3.63, 3.8) is 0 Å². The van der Waals surface area contributed by atoms with Crippen molar-refractivity contribution in [2.24, 2.45) is 0 Å². The van der Waals surface area contributed by atoms with E-state index in [0.717, 1.165) is 18.8 Å². The molecular formula is C38H46N6O6S. The molecule has 0 spiro atoms. The minimum absolute atomic E-state index is 0.100. The number of carbonyl (C=O) groups is 2. The maximum Gasteiger partial charge on any atom is 0.264 e. The Hall–Kier alpha value is -4.72. The third kappa shape index (κ3) is 7.10. The van der Waals surface area contributed by atoms with Crippen molar-refractivity contribution in [2.45, 2.75) is 57.1 Å². The summed E-state index contributed by atoms with van der Waals surface area (Å²) in [5.41, 5.74) is 4.02. The summed E-state index contributed by atoms with van der Waals surface area (Å²) < 4.78 is 41.6. The molecule has 270 valence electrons. The van der Waals surface area contributed by atoms with Crippen LogP contribution < -0.4 is 19.1 Å². The van der Waals surface area contributed by atoms with E-state index in [4.69, 9.17) is 9.47 Å². The standard InChI is InChI=1S/C38H46N6O6S/c1-6-43-27(3)35(25-39-43)51(47,48)40-19-11-16-31(29-17-18-33(49-4)34(24-29)50-5)44-37(45)30-14-10-15-32(36(30)38(44)46)42-22-20-41(21-23-42)26(2)28-12-8-7-9-13-28/h7-10,12-15,17-18,24-26,31,40H,6,11,16,19-23H2,1-5H3/t26-,31-/m1/s1. The lowest BCUT2D eigenvalue weighted by Gasteiger charge is -2.39. The zero-order chi connectivity index (χ0) is 36.3. The fourth-order valence-corrected chi connectivity index (χ4v) is 8.47. The van der Waals surface area contributed by atoms with Gasteiger partial charge in [0.05, 0.1) is 49.0 Å². The molecule has 1 fully saturated rings. The Morgan fingerprint density at radius 2 is 1.61 bits per heavy atom. The zero-order valence-electron chi connectivity index (χ0n) is 29.8. The van der Waals surface area contributed by atoms with Crippen molar-refractivity contribution in [1.29, 1.82) is 0 Å². The third-order valence-corrected chi connectivity index (χ3v) is 11.7. The van der Waals surface area contributed by atoms with E-state index in [1.807, 2.05) is 31.2 Å². The van der Waals surface area contributed by atoms with Gasteiger partial charge in [-0.2, -0.15) is 5.10 Å². The van der Waals surface area contributed by atoms with Crippen LogP contribution in [0.1, 0.15) is 76.3 Å². The highest BCUT2D eigenvalue weighted by Gasteiger charge is 2.43. The molecule has 13 heteroatoms. The van der Waals surface area contributed by atoms with Crippen LogP contribution in [0.15, 0.2) is 77.8 Å². The van der Waals surface area contributed by atoms with Gasteiger partial charge >= 0.3 is 0 Å². The van der Waals surface area contributed by atoms with Crippen LogP contribution in [0.2, 0.25) is 0 Å². The van der Waals surface area contributed by atoms with Crippen molar-refractivity contribution in [2.75, 3.05) is 51.8 Å². The van der Waals surface area contributed by atoms with E-state index in [9.17, 15) is 18.0 Å². The Labute approximate surface area is 300 Å². The number of amides is 2. The fourth-order valence-electron chi connectivity index (χ4n) is 7.22. The number of hydrogen-bond donors (Lipinski definition) is 1. The predicted octanol–water partition coefficient (Wildman–Crippen LogP) is 5.21. The molecule has 0 radical (unpaired) electrons. The Balaban J connectivity index is 1.23. The summed E-state index contributed by atoms with van der Waals surface area (Å²) in [4.78, 5) is 34.7. The normalized spacial score (nSPS) is 16.3. The van der Waals surface area contributed by atoms with Crippen LogP contribution in [-0.2, 0) is 16.6 Å². The number of fused-ring (bicyclic) bond motifs is 1. The van der Waals surface area contributed by atoms with Gasteiger partial charge < -0.3 is 14.4 Å². The smallest absolute Gasteiger partial charge is 0.264 e. The van der Waals surface area contributed by atoms with Crippen molar-refractivity contribution in [3.05, 3.63) is 101 Å². The Morgan fingerprint density at radius 1 is 0.882 bits per heavy atom. The summed E-state index contributed by atoms with van der Waals surface area (Å²) in [5, 5.41) is 4.17. The highest BCUT2D eigenvalue weighted by molar-refractivity contribution is 7.89. The van der Waals surface area contributed by atoms with Crippen LogP contribution in [0.3, 0.4) is 0 Å². The number of benzene rings is 3. The van der Waals surface area contributed by atoms with Gasteiger partial charge in [0.15, 0.2) is 11.5 Å². The molecule has 3 heterocycles. The molecule has 6 rings (SSSR count). The van der Waals surface area contributed by atoms with Crippen LogP contribution in [-0.4, -0.2) is 86.8 Å². The number of ether oxygens (including phenoxy) is 2. The first kappa shape index (κ1) is 36.1. The van der Waals surface area contributed by atoms with Crippen LogP contribution in [0.4, 0.5) is 5.69 Å². The second-order valence-electron chi connectivity index (χ2n) is 12.9. The second kappa shape index (κ2) is 15.3. The lowest BCUT2D eigenvalue weighted by Crippen LogP contribution is -2.47. The number of aromatic nitrogens is 2. The van der Waals surface area contributed by atoms with Gasteiger partial charge in [0.2, 0.25) is 10.0 Å². The van der Waals surface area contributed by atoms with E-state index in [1.165, 1.54) is 23.8 Å². The number of piperazine rings is 1. The van der Waals surface area contributed by atoms with Gasteiger partial charge in [0, 0.05) is 45.3 Å². The molecule has 4 aromatic rings.